The van der Waals surface area contributed by atoms with Gasteiger partial charge in [-0.1, -0.05) is 117 Å². The summed E-state index contributed by atoms with van der Waals surface area (Å²) in [4.78, 5) is 24.1. The molecule has 0 amide bonds. The molecule has 6 heteroatoms. The molecule has 0 heterocycles. The molecular weight excluding hydrogens is 466 g/mol. The fourth-order valence-electron chi connectivity index (χ4n) is 4.64. The smallest absolute Gasteiger partial charge is 0.305 e. The number of esters is 2. The summed E-state index contributed by atoms with van der Waals surface area (Å²) in [6.07, 6.45) is 23.1. The monoisotopic (exact) mass is 528 g/mol. The van der Waals surface area contributed by atoms with Gasteiger partial charge < -0.3 is 19.1 Å². The molecule has 6 nitrogen and oxygen atoms in total. The van der Waals surface area contributed by atoms with E-state index in [-0.39, 0.29) is 18.5 Å². The third-order valence-corrected chi connectivity index (χ3v) is 7.40. The van der Waals surface area contributed by atoms with Crippen LogP contribution in [0.4, 0.5) is 0 Å². The number of aliphatic hydroxyl groups is 1. The van der Waals surface area contributed by atoms with Crippen molar-refractivity contribution in [3.63, 3.8) is 0 Å². The molecule has 0 saturated carbocycles. The first-order chi connectivity index (χ1) is 18.0. The molecule has 0 rings (SSSR count). The van der Waals surface area contributed by atoms with E-state index in [4.69, 9.17) is 9.47 Å². The molecule has 1 N–H and O–H groups in total. The molecule has 0 aromatic heterocycles. The van der Waals surface area contributed by atoms with Gasteiger partial charge in [-0.05, 0) is 12.8 Å². The van der Waals surface area contributed by atoms with Crippen molar-refractivity contribution in [3.8, 4) is 0 Å². The average Bonchev–Trinajstić information content (AvgIpc) is 2.87. The number of carbonyl (C=O) groups excluding carboxylic acids is 2. The van der Waals surface area contributed by atoms with E-state index in [9.17, 15) is 14.7 Å². The summed E-state index contributed by atoms with van der Waals surface area (Å²) in [7, 11) is 2.01. The van der Waals surface area contributed by atoms with Gasteiger partial charge in [0.15, 0.2) is 0 Å². The minimum absolute atomic E-state index is 0.0509. The van der Waals surface area contributed by atoms with Crippen LogP contribution in [0.3, 0.4) is 0 Å². The Kier molecular flexibility index (Phi) is 25.7. The third kappa shape index (κ3) is 24.9. The number of ether oxygens (including phenoxy) is 2. The van der Waals surface area contributed by atoms with E-state index in [0.29, 0.717) is 50.2 Å². The number of hydrogen-bond acceptors (Lipinski definition) is 5. The van der Waals surface area contributed by atoms with E-state index in [0.717, 1.165) is 25.7 Å². The van der Waals surface area contributed by atoms with Gasteiger partial charge in [0.1, 0.15) is 32.8 Å². The fourth-order valence-corrected chi connectivity index (χ4v) is 4.64. The van der Waals surface area contributed by atoms with Crippen LogP contribution in [-0.2, 0) is 19.1 Å². The van der Waals surface area contributed by atoms with Crippen molar-refractivity contribution in [2.24, 2.45) is 0 Å². The van der Waals surface area contributed by atoms with Gasteiger partial charge in [0, 0.05) is 12.8 Å². The molecule has 0 aromatic rings. The molecule has 0 aliphatic heterocycles. The van der Waals surface area contributed by atoms with Crippen molar-refractivity contribution in [2.75, 3.05) is 46.5 Å². The summed E-state index contributed by atoms with van der Waals surface area (Å²) < 4.78 is 11.4. The maximum atomic E-state index is 12.1. The number of unbranched alkanes of at least 4 members (excludes halogenated alkanes) is 16. The highest BCUT2D eigenvalue weighted by Gasteiger charge is 2.22. The molecule has 37 heavy (non-hydrogen) atoms. The molecule has 0 aromatic carbocycles. The largest absolute Gasteiger partial charge is 0.460 e. The van der Waals surface area contributed by atoms with Gasteiger partial charge in [-0.25, -0.2) is 0 Å². The van der Waals surface area contributed by atoms with Gasteiger partial charge in [0.05, 0.1) is 13.7 Å². The molecule has 0 fully saturated rings. The third-order valence-electron chi connectivity index (χ3n) is 7.40. The maximum Gasteiger partial charge on any atom is 0.305 e. The number of carbonyl (C=O) groups is 2. The first-order valence-corrected chi connectivity index (χ1v) is 15.7. The second kappa shape index (κ2) is 26.5. The fraction of sp³-hybridized carbons (Fsp3) is 0.935. The average molecular weight is 529 g/mol. The Hall–Kier alpha value is -1.14. The Balaban J connectivity index is 3.83. The summed E-state index contributed by atoms with van der Waals surface area (Å²) in [6, 6.07) is 0. The zero-order valence-electron chi connectivity index (χ0n) is 24.9. The van der Waals surface area contributed by atoms with E-state index >= 15 is 0 Å². The quantitative estimate of drug-likeness (QED) is 0.0653. The Morgan fingerprint density at radius 3 is 1.19 bits per heavy atom. The van der Waals surface area contributed by atoms with Crippen LogP contribution < -0.4 is 0 Å². The van der Waals surface area contributed by atoms with E-state index in [1.54, 1.807) is 0 Å². The number of hydrogen-bond donors (Lipinski definition) is 1. The van der Waals surface area contributed by atoms with Gasteiger partial charge in [-0.3, -0.25) is 9.59 Å². The van der Waals surface area contributed by atoms with Gasteiger partial charge in [-0.2, -0.15) is 0 Å². The van der Waals surface area contributed by atoms with Gasteiger partial charge in [-0.15, -0.1) is 0 Å². The molecule has 0 unspecified atom stereocenters. The summed E-state index contributed by atoms with van der Waals surface area (Å²) >= 11 is 0. The van der Waals surface area contributed by atoms with Crippen molar-refractivity contribution in [1.29, 1.82) is 0 Å². The number of rotatable bonds is 28. The second-order valence-corrected chi connectivity index (χ2v) is 11.1. The topological polar surface area (TPSA) is 72.8 Å². The highest BCUT2D eigenvalue weighted by molar-refractivity contribution is 5.69. The van der Waals surface area contributed by atoms with Crippen LogP contribution in [0.5, 0.6) is 0 Å². The lowest BCUT2D eigenvalue weighted by atomic mass is 10.1. The number of quaternary nitrogens is 1. The van der Waals surface area contributed by atoms with E-state index in [1.807, 2.05) is 7.05 Å². The summed E-state index contributed by atoms with van der Waals surface area (Å²) in [5.41, 5.74) is 0. The highest BCUT2D eigenvalue weighted by atomic mass is 16.5. The minimum atomic E-state index is -0.133. The predicted molar refractivity (Wildman–Crippen MR) is 153 cm³/mol. The SMILES string of the molecule is CCCCCCCCCCCC(=O)OCC[N+](C)(CCO)CCOC(=O)CCCCCCCCCCC. The lowest BCUT2D eigenvalue weighted by molar-refractivity contribution is -0.910. The van der Waals surface area contributed by atoms with Crippen molar-refractivity contribution in [1.82, 2.24) is 0 Å². The Labute approximate surface area is 229 Å². The van der Waals surface area contributed by atoms with Crippen LogP contribution in [0.2, 0.25) is 0 Å². The number of aliphatic hydroxyl groups excluding tert-OH is 1. The van der Waals surface area contributed by atoms with Crippen LogP contribution in [0.15, 0.2) is 0 Å². The van der Waals surface area contributed by atoms with Crippen LogP contribution in [-0.4, -0.2) is 68.0 Å². The van der Waals surface area contributed by atoms with E-state index in [1.165, 1.54) is 89.9 Å². The molecule has 0 aliphatic carbocycles. The molecule has 0 bridgehead atoms. The first kappa shape index (κ1) is 35.9. The first-order valence-electron chi connectivity index (χ1n) is 15.7. The lowest BCUT2D eigenvalue weighted by Crippen LogP contribution is -2.50. The molecule has 0 spiro atoms. The molecule has 0 atom stereocenters. The molecular formula is C31H62NO5+. The Bertz CT molecular complexity index is 486. The zero-order valence-corrected chi connectivity index (χ0v) is 24.9. The van der Waals surface area contributed by atoms with Crippen LogP contribution in [0.25, 0.3) is 0 Å². The van der Waals surface area contributed by atoms with E-state index in [2.05, 4.69) is 13.8 Å². The predicted octanol–water partition coefficient (Wildman–Crippen LogP) is 7.35. The van der Waals surface area contributed by atoms with E-state index < -0.39 is 0 Å². The summed E-state index contributed by atoms with van der Waals surface area (Å²) in [5, 5.41) is 9.48. The Morgan fingerprint density at radius 1 is 0.541 bits per heavy atom. The summed E-state index contributed by atoms with van der Waals surface area (Å²) in [5.74, 6) is -0.267. The second-order valence-electron chi connectivity index (χ2n) is 11.1. The molecule has 0 aliphatic rings. The van der Waals surface area contributed by atoms with Crippen LogP contribution >= 0.6 is 0 Å². The molecule has 220 valence electrons. The van der Waals surface area contributed by atoms with Crippen LogP contribution in [0.1, 0.15) is 142 Å². The zero-order chi connectivity index (χ0) is 27.5. The van der Waals surface area contributed by atoms with Gasteiger partial charge in [0.2, 0.25) is 0 Å². The normalized spacial score (nSPS) is 11.6. The minimum Gasteiger partial charge on any atom is -0.460 e. The van der Waals surface area contributed by atoms with Gasteiger partial charge >= 0.3 is 11.9 Å². The lowest BCUT2D eigenvalue weighted by Gasteiger charge is -2.33. The van der Waals surface area contributed by atoms with Crippen molar-refractivity contribution in [2.45, 2.75) is 142 Å². The van der Waals surface area contributed by atoms with Crippen molar-refractivity contribution in [3.05, 3.63) is 0 Å². The standard InChI is InChI=1S/C31H62NO5/c1-4-6-8-10-12-14-16-18-20-22-30(34)36-28-25-32(3,24-27-33)26-29-37-31(35)23-21-19-17-15-13-11-9-7-5-2/h33H,4-29H2,1-3H3/q+1. The van der Waals surface area contributed by atoms with Crippen molar-refractivity contribution >= 4 is 11.9 Å². The van der Waals surface area contributed by atoms with Crippen molar-refractivity contribution < 1.29 is 28.7 Å². The number of likely N-dealkylation sites (N-methyl/N-ethyl adjacent to an activating group) is 1. The molecule has 0 radical (unpaired) electrons. The Morgan fingerprint density at radius 2 is 0.865 bits per heavy atom. The van der Waals surface area contributed by atoms with Gasteiger partial charge in [0.25, 0.3) is 0 Å². The van der Waals surface area contributed by atoms with Crippen LogP contribution in [0, 0.1) is 0 Å². The maximum absolute atomic E-state index is 12.1. The summed E-state index contributed by atoms with van der Waals surface area (Å²) in [6.45, 7) is 6.96. The molecule has 0 saturated heterocycles. The highest BCUT2D eigenvalue weighted by Crippen LogP contribution is 2.12. The number of nitrogens with zero attached hydrogens (tertiary/aromatic N) is 1.